The Hall–Kier alpha value is -1.41. The molecule has 1 N–H and O–H groups in total. The fraction of sp³-hybridized carbons (Fsp3) is 0.923. The zero-order chi connectivity index (χ0) is 24.0. The van der Waals surface area contributed by atoms with Crippen LogP contribution in [-0.2, 0) is 9.53 Å². The molecule has 3 saturated carbocycles. The molecule has 5 fully saturated rings. The van der Waals surface area contributed by atoms with Gasteiger partial charge in [-0.1, -0.05) is 6.92 Å². The highest BCUT2D eigenvalue weighted by molar-refractivity contribution is 5.75. The standard InChI is InChI=1S/C26H43FN4O3/c1-16-8-19(12-27)10-23(9-16)34-26(33)29-14-17(2)31(18(3)32)24-7-4-20(11-25(24)29)21-13-28-30(15-21)22-5-6-22/h16-17,19-25,28H,4-15H2,1-3H3/t16?,17-,19?,20?,21?,23?,24?,25?/m0/s1. The smallest absolute Gasteiger partial charge is 0.410 e. The van der Waals surface area contributed by atoms with Crippen LogP contribution in [0.4, 0.5) is 9.18 Å². The number of hydrogen-bond donors (Lipinski definition) is 1. The second-order valence-corrected chi connectivity index (χ2v) is 12.0. The molecule has 0 aromatic heterocycles. The number of hydrogen-bond acceptors (Lipinski definition) is 5. The molecule has 8 atom stereocenters. The van der Waals surface area contributed by atoms with Gasteiger partial charge in [-0.15, -0.1) is 0 Å². The molecule has 7 nitrogen and oxygen atoms in total. The summed E-state index contributed by atoms with van der Waals surface area (Å²) in [6.07, 6.45) is 7.40. The van der Waals surface area contributed by atoms with Crippen molar-refractivity contribution in [2.24, 2.45) is 23.7 Å². The predicted octanol–water partition coefficient (Wildman–Crippen LogP) is 3.59. The van der Waals surface area contributed by atoms with Gasteiger partial charge in [0.15, 0.2) is 0 Å². The van der Waals surface area contributed by atoms with Crippen LogP contribution in [0.3, 0.4) is 0 Å². The lowest BCUT2D eigenvalue weighted by Crippen LogP contribution is -2.67. The zero-order valence-corrected chi connectivity index (χ0v) is 21.1. The molecule has 34 heavy (non-hydrogen) atoms. The van der Waals surface area contributed by atoms with E-state index in [1.807, 2.05) is 16.7 Å². The van der Waals surface area contributed by atoms with Crippen LogP contribution in [0.15, 0.2) is 0 Å². The molecule has 8 heteroatoms. The highest BCUT2D eigenvalue weighted by atomic mass is 19.1. The summed E-state index contributed by atoms with van der Waals surface area (Å²) in [5.74, 6) is 1.60. The molecular formula is C26H43FN4O3. The third-order valence-electron chi connectivity index (χ3n) is 9.24. The summed E-state index contributed by atoms with van der Waals surface area (Å²) >= 11 is 0. The van der Waals surface area contributed by atoms with Crippen molar-refractivity contribution in [3.05, 3.63) is 0 Å². The minimum atomic E-state index is -0.341. The summed E-state index contributed by atoms with van der Waals surface area (Å²) < 4.78 is 19.4. The van der Waals surface area contributed by atoms with Crippen LogP contribution in [0.5, 0.6) is 0 Å². The van der Waals surface area contributed by atoms with Crippen LogP contribution in [-0.4, -0.2) is 83.4 Å². The molecular weight excluding hydrogens is 435 g/mol. The Bertz CT molecular complexity index is 764. The Morgan fingerprint density at radius 3 is 2.47 bits per heavy atom. The van der Waals surface area contributed by atoms with Crippen molar-refractivity contribution in [2.45, 2.75) is 102 Å². The molecule has 0 aromatic carbocycles. The number of hydrazine groups is 1. The Morgan fingerprint density at radius 1 is 0.971 bits per heavy atom. The molecule has 0 radical (unpaired) electrons. The number of carbonyl (C=O) groups is 2. The van der Waals surface area contributed by atoms with Crippen molar-refractivity contribution < 1.29 is 18.7 Å². The molecule has 2 aliphatic heterocycles. The Labute approximate surface area is 203 Å². The highest BCUT2D eigenvalue weighted by Crippen LogP contribution is 2.41. The molecule has 5 rings (SSSR count). The Kier molecular flexibility index (Phi) is 7.09. The number of fused-ring (bicyclic) bond motifs is 1. The van der Waals surface area contributed by atoms with Crippen LogP contribution in [0, 0.1) is 23.7 Å². The van der Waals surface area contributed by atoms with E-state index < -0.39 is 0 Å². The number of amides is 2. The van der Waals surface area contributed by atoms with Crippen molar-refractivity contribution in [1.29, 1.82) is 0 Å². The number of halogens is 1. The Balaban J connectivity index is 1.29. The highest BCUT2D eigenvalue weighted by Gasteiger charge is 2.49. The lowest BCUT2D eigenvalue weighted by Gasteiger charge is -2.54. The fourth-order valence-corrected chi connectivity index (χ4v) is 7.55. The van der Waals surface area contributed by atoms with Gasteiger partial charge in [-0.05, 0) is 82.0 Å². The molecule has 2 saturated heterocycles. The maximum atomic E-state index is 13.5. The molecule has 2 heterocycles. The van der Waals surface area contributed by atoms with Gasteiger partial charge >= 0.3 is 6.09 Å². The molecule has 0 spiro atoms. The van der Waals surface area contributed by atoms with Crippen LogP contribution in [0.1, 0.15) is 72.1 Å². The lowest BCUT2D eigenvalue weighted by molar-refractivity contribution is -0.143. The van der Waals surface area contributed by atoms with E-state index in [9.17, 15) is 14.0 Å². The van der Waals surface area contributed by atoms with E-state index in [4.69, 9.17) is 4.74 Å². The summed E-state index contributed by atoms with van der Waals surface area (Å²) in [7, 11) is 0. The van der Waals surface area contributed by atoms with Gasteiger partial charge in [-0.3, -0.25) is 14.6 Å². The van der Waals surface area contributed by atoms with Gasteiger partial charge in [0.2, 0.25) is 5.91 Å². The largest absolute Gasteiger partial charge is 0.446 e. The van der Waals surface area contributed by atoms with Crippen LogP contribution in [0.25, 0.3) is 0 Å². The number of piperazine rings is 1. The van der Waals surface area contributed by atoms with E-state index in [1.165, 1.54) is 12.8 Å². The molecule has 2 amide bonds. The topological polar surface area (TPSA) is 65.1 Å². The third kappa shape index (κ3) is 4.95. The minimum Gasteiger partial charge on any atom is -0.446 e. The summed E-state index contributed by atoms with van der Waals surface area (Å²) in [5, 5.41) is 2.43. The van der Waals surface area contributed by atoms with Gasteiger partial charge in [-0.2, -0.15) is 0 Å². The first-order valence-electron chi connectivity index (χ1n) is 13.7. The van der Waals surface area contributed by atoms with E-state index in [0.29, 0.717) is 36.8 Å². The van der Waals surface area contributed by atoms with E-state index >= 15 is 0 Å². The van der Waals surface area contributed by atoms with Crippen LogP contribution in [0.2, 0.25) is 0 Å². The number of rotatable bonds is 4. The van der Waals surface area contributed by atoms with E-state index in [2.05, 4.69) is 17.4 Å². The van der Waals surface area contributed by atoms with Gasteiger partial charge in [0, 0.05) is 38.6 Å². The molecule has 5 aliphatic rings. The van der Waals surface area contributed by atoms with Gasteiger partial charge in [0.05, 0.1) is 18.8 Å². The number of carbonyl (C=O) groups excluding carboxylic acids is 2. The number of nitrogens with one attached hydrogen (secondary N) is 1. The predicted molar refractivity (Wildman–Crippen MR) is 128 cm³/mol. The molecule has 0 bridgehead atoms. The third-order valence-corrected chi connectivity index (χ3v) is 9.24. The quantitative estimate of drug-likeness (QED) is 0.669. The van der Waals surface area contributed by atoms with Crippen molar-refractivity contribution in [3.63, 3.8) is 0 Å². The maximum Gasteiger partial charge on any atom is 0.410 e. The first kappa shape index (κ1) is 24.3. The van der Waals surface area contributed by atoms with E-state index in [-0.39, 0.29) is 48.8 Å². The number of nitrogens with zero attached hydrogens (tertiary/aromatic N) is 3. The second-order valence-electron chi connectivity index (χ2n) is 12.0. The number of ether oxygens (including phenoxy) is 1. The van der Waals surface area contributed by atoms with Gasteiger partial charge in [-0.25, -0.2) is 9.80 Å². The van der Waals surface area contributed by atoms with Crippen molar-refractivity contribution in [2.75, 3.05) is 26.3 Å². The molecule has 7 unspecified atom stereocenters. The molecule has 3 aliphatic carbocycles. The summed E-state index contributed by atoms with van der Waals surface area (Å²) in [5.41, 5.74) is 3.61. The SMILES string of the molecule is CC(=O)N1C2CCC(C3CNN(C4CC4)C3)CC2N(C(=O)OC2CC(C)CC(CF)C2)C[C@@H]1C. The monoisotopic (exact) mass is 478 g/mol. The van der Waals surface area contributed by atoms with Crippen LogP contribution < -0.4 is 5.43 Å². The van der Waals surface area contributed by atoms with Crippen LogP contribution >= 0.6 is 0 Å². The Morgan fingerprint density at radius 2 is 1.76 bits per heavy atom. The van der Waals surface area contributed by atoms with Crippen molar-refractivity contribution in [1.82, 2.24) is 20.2 Å². The molecule has 192 valence electrons. The van der Waals surface area contributed by atoms with Gasteiger partial charge in [0.1, 0.15) is 6.10 Å². The fourth-order valence-electron chi connectivity index (χ4n) is 7.55. The van der Waals surface area contributed by atoms with E-state index in [0.717, 1.165) is 45.2 Å². The summed E-state index contributed by atoms with van der Waals surface area (Å²) in [6.45, 7) is 8.10. The second kappa shape index (κ2) is 9.92. The maximum absolute atomic E-state index is 13.5. The minimum absolute atomic E-state index is 0.000638. The lowest BCUT2D eigenvalue weighted by atomic mass is 9.73. The number of alkyl halides is 1. The zero-order valence-electron chi connectivity index (χ0n) is 21.1. The summed E-state index contributed by atoms with van der Waals surface area (Å²) in [4.78, 5) is 30.0. The first-order chi connectivity index (χ1) is 16.3. The van der Waals surface area contributed by atoms with Crippen molar-refractivity contribution >= 4 is 12.0 Å². The average molecular weight is 479 g/mol. The normalized spacial score (nSPS) is 41.3. The van der Waals surface area contributed by atoms with Crippen molar-refractivity contribution in [3.8, 4) is 0 Å². The van der Waals surface area contributed by atoms with Gasteiger partial charge in [0.25, 0.3) is 0 Å². The van der Waals surface area contributed by atoms with Gasteiger partial charge < -0.3 is 14.5 Å². The average Bonchev–Trinajstić information content (AvgIpc) is 3.53. The first-order valence-corrected chi connectivity index (χ1v) is 13.7. The summed E-state index contributed by atoms with van der Waals surface area (Å²) in [6, 6.07) is 0.745. The molecule has 0 aromatic rings. The van der Waals surface area contributed by atoms with E-state index in [1.54, 1.807) is 6.92 Å².